The van der Waals surface area contributed by atoms with Gasteiger partial charge in [-0.3, -0.25) is 0 Å². The number of hydrogen-bond acceptors (Lipinski definition) is 6. The molecule has 4 aromatic rings. The number of nitrogens with zero attached hydrogens (tertiary/aromatic N) is 5. The van der Waals surface area contributed by atoms with Crippen molar-refractivity contribution in [1.29, 1.82) is 0 Å². The van der Waals surface area contributed by atoms with E-state index in [1.807, 2.05) is 35.7 Å². The molecule has 4 rings (SSSR count). The number of fused-ring (bicyclic) bond motifs is 1. The molecule has 0 amide bonds. The molecule has 7 heteroatoms. The van der Waals surface area contributed by atoms with E-state index in [2.05, 4.69) is 36.8 Å². The van der Waals surface area contributed by atoms with Gasteiger partial charge in [0.05, 0.1) is 15.9 Å². The van der Waals surface area contributed by atoms with Gasteiger partial charge in [0.1, 0.15) is 11.9 Å². The molecule has 3 aromatic heterocycles. The first-order valence-electron chi connectivity index (χ1n) is 5.87. The molecule has 0 unspecified atom stereocenters. The number of thiophene rings is 1. The van der Waals surface area contributed by atoms with Crippen molar-refractivity contribution >= 4 is 22.4 Å². The number of aromatic amines is 1. The van der Waals surface area contributed by atoms with Gasteiger partial charge in [0.25, 0.3) is 0 Å². The molecule has 20 heavy (non-hydrogen) atoms. The van der Waals surface area contributed by atoms with Crippen molar-refractivity contribution in [1.82, 2.24) is 30.6 Å². The first-order valence-corrected chi connectivity index (χ1v) is 6.75. The van der Waals surface area contributed by atoms with Crippen molar-refractivity contribution < 1.29 is 0 Å². The molecule has 0 atom stereocenters. The fourth-order valence-corrected chi connectivity index (χ4v) is 2.58. The number of hydrogen-bond donors (Lipinski definition) is 1. The highest BCUT2D eigenvalue weighted by Gasteiger charge is 2.07. The number of rotatable bonds is 2. The van der Waals surface area contributed by atoms with Crippen molar-refractivity contribution in [3.8, 4) is 22.0 Å². The Morgan fingerprint density at radius 3 is 2.95 bits per heavy atom. The molecule has 1 aromatic carbocycles. The standard InChI is InChI=1S/C13H7N6S/c1-2-12(20-5-1)11-7-14-9-4-3-8(6-10(9)15-11)13-16-18-19-17-13/h1-6H,(H,16,17,18,19). The second-order valence-corrected chi connectivity index (χ2v) is 5.06. The Hall–Kier alpha value is -2.67. The van der Waals surface area contributed by atoms with E-state index in [-0.39, 0.29) is 0 Å². The minimum atomic E-state index is 0.610. The van der Waals surface area contributed by atoms with Crippen LogP contribution >= 0.6 is 11.3 Å². The molecule has 0 saturated carbocycles. The Balaban J connectivity index is 1.88. The van der Waals surface area contributed by atoms with Crippen molar-refractivity contribution in [3.63, 3.8) is 0 Å². The SMILES string of the molecule is [c]1nc2ccc(-c3nnn[nH]3)cc2nc1-c1cccs1. The zero-order valence-corrected chi connectivity index (χ0v) is 10.9. The topological polar surface area (TPSA) is 80.2 Å². The molecular formula is C13H7N6S. The molecule has 6 nitrogen and oxygen atoms in total. The second kappa shape index (κ2) is 4.46. The van der Waals surface area contributed by atoms with Crippen LogP contribution in [0.2, 0.25) is 0 Å². The minimum absolute atomic E-state index is 0.610. The number of nitrogens with one attached hydrogen (secondary N) is 1. The van der Waals surface area contributed by atoms with Gasteiger partial charge < -0.3 is 0 Å². The second-order valence-electron chi connectivity index (χ2n) is 4.11. The number of H-pyrrole nitrogens is 1. The summed E-state index contributed by atoms with van der Waals surface area (Å²) >= 11 is 1.61. The summed E-state index contributed by atoms with van der Waals surface area (Å²) in [5.41, 5.74) is 3.21. The Bertz CT molecular complexity index is 785. The predicted molar refractivity (Wildman–Crippen MR) is 74.9 cm³/mol. The highest BCUT2D eigenvalue weighted by atomic mass is 32.1. The number of tetrazole rings is 1. The smallest absolute Gasteiger partial charge is 0.179 e. The molecule has 0 aliphatic carbocycles. The van der Waals surface area contributed by atoms with Gasteiger partial charge in [-0.05, 0) is 40.1 Å². The van der Waals surface area contributed by atoms with Crippen LogP contribution in [-0.2, 0) is 0 Å². The summed E-state index contributed by atoms with van der Waals surface area (Å²) in [6.45, 7) is 0. The van der Waals surface area contributed by atoms with Crippen molar-refractivity contribution in [2.75, 3.05) is 0 Å². The van der Waals surface area contributed by atoms with E-state index in [1.165, 1.54) is 0 Å². The fraction of sp³-hybridized carbons (Fsp3) is 0. The van der Waals surface area contributed by atoms with Crippen LogP contribution in [0.1, 0.15) is 0 Å². The van der Waals surface area contributed by atoms with Gasteiger partial charge in [-0.15, -0.1) is 16.4 Å². The van der Waals surface area contributed by atoms with Gasteiger partial charge in [-0.25, -0.2) is 15.1 Å². The predicted octanol–water partition coefficient (Wildman–Crippen LogP) is 2.34. The zero-order chi connectivity index (χ0) is 13.4. The van der Waals surface area contributed by atoms with Crippen LogP contribution in [0.25, 0.3) is 33.0 Å². The summed E-state index contributed by atoms with van der Waals surface area (Å²) in [4.78, 5) is 9.96. The highest BCUT2D eigenvalue weighted by Crippen LogP contribution is 2.25. The average molecular weight is 279 g/mol. The van der Waals surface area contributed by atoms with Crippen molar-refractivity contribution in [2.24, 2.45) is 0 Å². The Labute approximate surface area is 117 Å². The van der Waals surface area contributed by atoms with Gasteiger partial charge in [-0.2, -0.15) is 0 Å². The molecule has 0 spiro atoms. The van der Waals surface area contributed by atoms with Crippen LogP contribution in [0, 0.1) is 6.20 Å². The molecule has 3 heterocycles. The molecule has 1 radical (unpaired) electrons. The lowest BCUT2D eigenvalue weighted by Gasteiger charge is -2.01. The van der Waals surface area contributed by atoms with Crippen LogP contribution in [0.15, 0.2) is 35.7 Å². The molecule has 95 valence electrons. The summed E-state index contributed by atoms with van der Waals surface area (Å²) in [5.74, 6) is 0.610. The van der Waals surface area contributed by atoms with Crippen LogP contribution in [0.4, 0.5) is 0 Å². The average Bonchev–Trinajstić information content (AvgIpc) is 3.19. The first kappa shape index (κ1) is 11.2. The third-order valence-electron chi connectivity index (χ3n) is 2.86. The normalized spacial score (nSPS) is 11.0. The van der Waals surface area contributed by atoms with Crippen LogP contribution in [-0.4, -0.2) is 30.6 Å². The quantitative estimate of drug-likeness (QED) is 0.609. The molecule has 0 aliphatic rings. The van der Waals surface area contributed by atoms with E-state index >= 15 is 0 Å². The highest BCUT2D eigenvalue weighted by molar-refractivity contribution is 7.13. The monoisotopic (exact) mass is 279 g/mol. The summed E-state index contributed by atoms with van der Waals surface area (Å²) in [6.07, 6.45) is 2.97. The Morgan fingerprint density at radius 1 is 1.15 bits per heavy atom. The first-order chi connectivity index (χ1) is 9.90. The van der Waals surface area contributed by atoms with E-state index < -0.39 is 0 Å². The largest absolute Gasteiger partial charge is 0.243 e. The summed E-state index contributed by atoms with van der Waals surface area (Å²) < 4.78 is 0. The van der Waals surface area contributed by atoms with Crippen molar-refractivity contribution in [2.45, 2.75) is 0 Å². The maximum absolute atomic E-state index is 4.60. The summed E-state index contributed by atoms with van der Waals surface area (Å²) in [7, 11) is 0. The minimum Gasteiger partial charge on any atom is -0.243 e. The summed E-state index contributed by atoms with van der Waals surface area (Å²) in [5, 5.41) is 15.8. The van der Waals surface area contributed by atoms with Crippen molar-refractivity contribution in [3.05, 3.63) is 41.9 Å². The third kappa shape index (κ3) is 1.84. The van der Waals surface area contributed by atoms with Crippen LogP contribution in [0.5, 0.6) is 0 Å². The number of benzene rings is 1. The lowest BCUT2D eigenvalue weighted by Crippen LogP contribution is -1.89. The molecule has 0 saturated heterocycles. The van der Waals surface area contributed by atoms with Gasteiger partial charge >= 0.3 is 0 Å². The zero-order valence-electron chi connectivity index (χ0n) is 10.1. The lowest BCUT2D eigenvalue weighted by atomic mass is 10.2. The molecule has 0 fully saturated rings. The Morgan fingerprint density at radius 2 is 2.15 bits per heavy atom. The maximum atomic E-state index is 4.60. The van der Waals surface area contributed by atoms with E-state index in [9.17, 15) is 0 Å². The lowest BCUT2D eigenvalue weighted by molar-refractivity contribution is 0.881. The third-order valence-corrected chi connectivity index (χ3v) is 3.74. The Kier molecular flexibility index (Phi) is 2.49. The van der Waals surface area contributed by atoms with E-state index in [0.29, 0.717) is 5.82 Å². The van der Waals surface area contributed by atoms with Crippen LogP contribution < -0.4 is 0 Å². The molecule has 1 N–H and O–H groups in total. The van der Waals surface area contributed by atoms with Gasteiger partial charge in [0.2, 0.25) is 0 Å². The maximum Gasteiger partial charge on any atom is 0.179 e. The van der Waals surface area contributed by atoms with Gasteiger partial charge in [0, 0.05) is 5.56 Å². The molecule has 0 bridgehead atoms. The number of aromatic nitrogens is 6. The van der Waals surface area contributed by atoms with Crippen LogP contribution in [0.3, 0.4) is 0 Å². The fourth-order valence-electron chi connectivity index (χ4n) is 1.92. The van der Waals surface area contributed by atoms with E-state index in [4.69, 9.17) is 0 Å². The summed E-state index contributed by atoms with van der Waals surface area (Å²) in [6, 6.07) is 9.68. The van der Waals surface area contributed by atoms with Gasteiger partial charge in [0.15, 0.2) is 5.82 Å². The molecule has 0 aliphatic heterocycles. The van der Waals surface area contributed by atoms with Gasteiger partial charge in [-0.1, -0.05) is 6.07 Å². The molecular weight excluding hydrogens is 272 g/mol. The van der Waals surface area contributed by atoms with E-state index in [1.54, 1.807) is 11.3 Å². The van der Waals surface area contributed by atoms with E-state index in [0.717, 1.165) is 27.2 Å².